The van der Waals surface area contributed by atoms with Gasteiger partial charge >= 0.3 is 6.03 Å². The minimum atomic E-state index is -0.00111. The van der Waals surface area contributed by atoms with Gasteiger partial charge in [-0.2, -0.15) is 0 Å². The molecule has 0 atom stereocenters. The SMILES string of the molecule is O=C(NCCc1cncnc1)NC12CC3CC(CC(C3)C1)C2. The molecule has 4 fully saturated rings. The summed E-state index contributed by atoms with van der Waals surface area (Å²) in [6, 6.07) is -0.00111. The highest BCUT2D eigenvalue weighted by atomic mass is 16.2. The van der Waals surface area contributed by atoms with Gasteiger partial charge in [-0.1, -0.05) is 0 Å². The van der Waals surface area contributed by atoms with Crippen molar-refractivity contribution in [3.05, 3.63) is 24.3 Å². The average molecular weight is 300 g/mol. The van der Waals surface area contributed by atoms with E-state index in [1.165, 1.54) is 44.9 Å². The fourth-order valence-corrected chi connectivity index (χ4v) is 5.33. The highest BCUT2D eigenvalue weighted by molar-refractivity contribution is 5.74. The molecule has 118 valence electrons. The number of nitrogens with zero attached hydrogens (tertiary/aromatic N) is 2. The van der Waals surface area contributed by atoms with Crippen molar-refractivity contribution in [3.8, 4) is 0 Å². The molecule has 4 bridgehead atoms. The molecule has 0 aromatic carbocycles. The molecule has 22 heavy (non-hydrogen) atoms. The Labute approximate surface area is 131 Å². The standard InChI is InChI=1S/C17H24N4O/c22-16(20-2-1-12-9-18-11-19-10-12)21-17-6-13-3-14(7-17)5-15(4-13)8-17/h9-11,13-15H,1-8H2,(H2,20,21,22). The molecule has 0 radical (unpaired) electrons. The van der Waals surface area contributed by atoms with Gasteiger partial charge in [-0.15, -0.1) is 0 Å². The lowest BCUT2D eigenvalue weighted by Crippen LogP contribution is -2.61. The first kappa shape index (κ1) is 14.0. The molecule has 0 unspecified atom stereocenters. The van der Waals surface area contributed by atoms with Crippen molar-refractivity contribution >= 4 is 6.03 Å². The number of carbonyl (C=O) groups excluding carboxylic acids is 1. The number of amides is 2. The van der Waals surface area contributed by atoms with Crippen LogP contribution in [-0.2, 0) is 6.42 Å². The van der Waals surface area contributed by atoms with Crippen LogP contribution in [-0.4, -0.2) is 28.1 Å². The van der Waals surface area contributed by atoms with E-state index in [0.717, 1.165) is 29.7 Å². The van der Waals surface area contributed by atoms with E-state index in [2.05, 4.69) is 20.6 Å². The number of nitrogens with one attached hydrogen (secondary N) is 2. The first-order valence-corrected chi connectivity index (χ1v) is 8.51. The van der Waals surface area contributed by atoms with E-state index in [4.69, 9.17) is 0 Å². The summed E-state index contributed by atoms with van der Waals surface area (Å²) in [5, 5.41) is 6.33. The third kappa shape index (κ3) is 2.81. The molecule has 4 aliphatic rings. The molecule has 1 aromatic heterocycles. The highest BCUT2D eigenvalue weighted by Gasteiger charge is 2.51. The summed E-state index contributed by atoms with van der Waals surface area (Å²) in [7, 11) is 0. The van der Waals surface area contributed by atoms with Crippen LogP contribution in [0.5, 0.6) is 0 Å². The average Bonchev–Trinajstić information content (AvgIpc) is 2.46. The molecule has 1 aromatic rings. The van der Waals surface area contributed by atoms with Crippen LogP contribution < -0.4 is 10.6 Å². The van der Waals surface area contributed by atoms with E-state index >= 15 is 0 Å². The minimum Gasteiger partial charge on any atom is -0.338 e. The highest BCUT2D eigenvalue weighted by Crippen LogP contribution is 2.55. The van der Waals surface area contributed by atoms with Crippen molar-refractivity contribution in [2.24, 2.45) is 17.8 Å². The molecule has 5 heteroatoms. The first-order valence-electron chi connectivity index (χ1n) is 8.51. The zero-order valence-corrected chi connectivity index (χ0v) is 12.9. The fraction of sp³-hybridized carbons (Fsp3) is 0.706. The van der Waals surface area contributed by atoms with Crippen molar-refractivity contribution in [3.63, 3.8) is 0 Å². The normalized spacial score (nSPS) is 35.4. The van der Waals surface area contributed by atoms with Crippen molar-refractivity contribution in [2.75, 3.05) is 6.54 Å². The predicted octanol–water partition coefficient (Wildman–Crippen LogP) is 2.29. The third-order valence-electron chi connectivity index (χ3n) is 5.73. The summed E-state index contributed by atoms with van der Waals surface area (Å²) >= 11 is 0. The minimum absolute atomic E-state index is 0.00111. The summed E-state index contributed by atoms with van der Waals surface area (Å²) < 4.78 is 0. The maximum absolute atomic E-state index is 12.3. The quantitative estimate of drug-likeness (QED) is 0.896. The van der Waals surface area contributed by atoms with Crippen molar-refractivity contribution < 1.29 is 4.79 Å². The second-order valence-corrected chi connectivity index (χ2v) is 7.58. The summed E-state index contributed by atoms with van der Waals surface area (Å²) in [4.78, 5) is 20.2. The maximum Gasteiger partial charge on any atom is 0.315 e. The summed E-state index contributed by atoms with van der Waals surface area (Å²) in [5.74, 6) is 2.56. The van der Waals surface area contributed by atoms with Crippen LogP contribution >= 0.6 is 0 Å². The van der Waals surface area contributed by atoms with Gasteiger partial charge < -0.3 is 10.6 Å². The Balaban J connectivity index is 1.29. The zero-order chi connectivity index (χ0) is 15.0. The van der Waals surface area contributed by atoms with Gasteiger partial charge in [0.15, 0.2) is 0 Å². The van der Waals surface area contributed by atoms with Gasteiger partial charge in [0, 0.05) is 24.5 Å². The lowest BCUT2D eigenvalue weighted by molar-refractivity contribution is -0.0135. The van der Waals surface area contributed by atoms with Gasteiger partial charge in [0.25, 0.3) is 0 Å². The molecule has 0 saturated heterocycles. The van der Waals surface area contributed by atoms with E-state index < -0.39 is 0 Å². The Morgan fingerprint density at radius 2 is 1.68 bits per heavy atom. The van der Waals surface area contributed by atoms with Crippen LogP contribution in [0.2, 0.25) is 0 Å². The van der Waals surface area contributed by atoms with Gasteiger partial charge in [-0.25, -0.2) is 14.8 Å². The van der Waals surface area contributed by atoms with Crippen LogP contribution in [0.4, 0.5) is 4.79 Å². The van der Waals surface area contributed by atoms with Crippen LogP contribution in [0.15, 0.2) is 18.7 Å². The summed E-state index contributed by atoms with van der Waals surface area (Å²) in [5.41, 5.74) is 1.15. The number of aromatic nitrogens is 2. The lowest BCUT2D eigenvalue weighted by atomic mass is 9.53. The van der Waals surface area contributed by atoms with E-state index in [-0.39, 0.29) is 11.6 Å². The summed E-state index contributed by atoms with van der Waals surface area (Å²) in [6.07, 6.45) is 13.7. The number of urea groups is 1. The number of rotatable bonds is 4. The van der Waals surface area contributed by atoms with E-state index in [1.54, 1.807) is 12.4 Å². The molecule has 2 amide bonds. The van der Waals surface area contributed by atoms with Crippen LogP contribution in [0, 0.1) is 17.8 Å². The largest absolute Gasteiger partial charge is 0.338 e. The van der Waals surface area contributed by atoms with Gasteiger partial charge in [-0.05, 0) is 68.3 Å². The molecule has 5 nitrogen and oxygen atoms in total. The Kier molecular flexibility index (Phi) is 3.51. The third-order valence-corrected chi connectivity index (χ3v) is 5.73. The van der Waals surface area contributed by atoms with Crippen LogP contribution in [0.1, 0.15) is 44.1 Å². The lowest BCUT2D eigenvalue weighted by Gasteiger charge is -2.56. The molecular formula is C17H24N4O. The second-order valence-electron chi connectivity index (χ2n) is 7.58. The van der Waals surface area contributed by atoms with Crippen molar-refractivity contribution in [1.82, 2.24) is 20.6 Å². The van der Waals surface area contributed by atoms with E-state index in [0.29, 0.717) is 6.54 Å². The van der Waals surface area contributed by atoms with Crippen molar-refractivity contribution in [2.45, 2.75) is 50.5 Å². The smallest absolute Gasteiger partial charge is 0.315 e. The van der Waals surface area contributed by atoms with Gasteiger partial charge in [0.1, 0.15) is 6.33 Å². The molecule has 1 heterocycles. The topological polar surface area (TPSA) is 66.9 Å². The molecule has 4 saturated carbocycles. The molecule has 2 N–H and O–H groups in total. The fourth-order valence-electron chi connectivity index (χ4n) is 5.33. The molecular weight excluding hydrogens is 276 g/mol. The van der Waals surface area contributed by atoms with Gasteiger partial charge in [-0.3, -0.25) is 0 Å². The zero-order valence-electron chi connectivity index (χ0n) is 12.9. The van der Waals surface area contributed by atoms with Crippen LogP contribution in [0.3, 0.4) is 0 Å². The predicted molar refractivity (Wildman–Crippen MR) is 83.2 cm³/mol. The van der Waals surface area contributed by atoms with Gasteiger partial charge in [0.05, 0.1) is 0 Å². The number of hydrogen-bond donors (Lipinski definition) is 2. The molecule has 5 rings (SSSR count). The Bertz CT molecular complexity index is 510. The Morgan fingerprint density at radius 1 is 1.09 bits per heavy atom. The Hall–Kier alpha value is -1.65. The van der Waals surface area contributed by atoms with E-state index in [9.17, 15) is 4.79 Å². The molecule has 0 spiro atoms. The molecule has 0 aliphatic heterocycles. The van der Waals surface area contributed by atoms with Gasteiger partial charge in [0.2, 0.25) is 0 Å². The molecule has 4 aliphatic carbocycles. The van der Waals surface area contributed by atoms with E-state index in [1.807, 2.05) is 0 Å². The van der Waals surface area contributed by atoms with Crippen LogP contribution in [0.25, 0.3) is 0 Å². The maximum atomic E-state index is 12.3. The number of carbonyl (C=O) groups is 1. The Morgan fingerprint density at radius 3 is 2.27 bits per heavy atom. The van der Waals surface area contributed by atoms with Crippen molar-refractivity contribution in [1.29, 1.82) is 0 Å². The summed E-state index contributed by atoms with van der Waals surface area (Å²) in [6.45, 7) is 0.631. The monoisotopic (exact) mass is 300 g/mol. The first-order chi connectivity index (χ1) is 10.7. The number of hydrogen-bond acceptors (Lipinski definition) is 3. The second kappa shape index (κ2) is 5.52.